The molecule has 1 atom stereocenters. The van der Waals surface area contributed by atoms with E-state index in [4.69, 9.17) is 11.6 Å². The van der Waals surface area contributed by atoms with Crippen LogP contribution in [-0.4, -0.2) is 11.2 Å². The fourth-order valence-electron chi connectivity index (χ4n) is 1.31. The lowest BCUT2D eigenvalue weighted by atomic mass is 10.2. The second-order valence-corrected chi connectivity index (χ2v) is 4.79. The Morgan fingerprint density at radius 2 is 2.25 bits per heavy atom. The van der Waals surface area contributed by atoms with E-state index < -0.39 is 0 Å². The molecule has 16 heavy (non-hydrogen) atoms. The number of hydrogen-bond donors (Lipinski definition) is 3. The Hall–Kier alpha value is -1.20. The van der Waals surface area contributed by atoms with Crippen molar-refractivity contribution in [2.75, 3.05) is 5.73 Å². The van der Waals surface area contributed by atoms with Crippen LogP contribution >= 0.6 is 11.8 Å². The topological polar surface area (TPSA) is 81.1 Å². The highest BCUT2D eigenvalue weighted by molar-refractivity contribution is 8.00. The van der Waals surface area contributed by atoms with Crippen molar-refractivity contribution in [3.05, 3.63) is 23.8 Å². The zero-order valence-electron chi connectivity index (χ0n) is 9.49. The second kappa shape index (κ2) is 5.77. The van der Waals surface area contributed by atoms with Crippen LogP contribution < -0.4 is 17.0 Å². The van der Waals surface area contributed by atoms with Gasteiger partial charge in [-0.25, -0.2) is 5.84 Å². The molecule has 0 aliphatic carbocycles. The number of carbonyl (C=O) groups excluding carboxylic acids is 1. The van der Waals surface area contributed by atoms with Gasteiger partial charge in [0.25, 0.3) is 0 Å². The van der Waals surface area contributed by atoms with Gasteiger partial charge >= 0.3 is 0 Å². The van der Waals surface area contributed by atoms with E-state index in [9.17, 15) is 4.79 Å². The van der Waals surface area contributed by atoms with Gasteiger partial charge in [-0.15, -0.1) is 11.8 Å². The molecule has 0 aromatic heterocycles. The van der Waals surface area contributed by atoms with Crippen LogP contribution in [0.4, 0.5) is 5.69 Å². The predicted octanol–water partition coefficient (Wildman–Crippen LogP) is 1.44. The number of thioether (sulfide) groups is 1. The summed E-state index contributed by atoms with van der Waals surface area (Å²) in [4.78, 5) is 12.5. The molecule has 88 valence electrons. The van der Waals surface area contributed by atoms with Gasteiger partial charge in [0, 0.05) is 10.6 Å². The highest BCUT2D eigenvalue weighted by atomic mass is 32.2. The van der Waals surface area contributed by atoms with Gasteiger partial charge < -0.3 is 5.73 Å². The minimum absolute atomic E-state index is 0.158. The Kier molecular flexibility index (Phi) is 4.64. The summed E-state index contributed by atoms with van der Waals surface area (Å²) in [5.41, 5.74) is 9.71. The summed E-state index contributed by atoms with van der Waals surface area (Å²) in [6.45, 7) is 3.95. The smallest absolute Gasteiger partial charge is 0.247 e. The molecule has 1 rings (SSSR count). The molecule has 4 nitrogen and oxygen atoms in total. The maximum absolute atomic E-state index is 11.5. The first-order valence-electron chi connectivity index (χ1n) is 5.11. The first-order valence-corrected chi connectivity index (χ1v) is 5.99. The zero-order valence-corrected chi connectivity index (χ0v) is 10.3. The quantitative estimate of drug-likeness (QED) is 0.244. The molecule has 0 aliphatic rings. The lowest BCUT2D eigenvalue weighted by molar-refractivity contribution is -0.120. The number of anilines is 1. The fraction of sp³-hybridized carbons (Fsp3) is 0.364. The summed E-state index contributed by atoms with van der Waals surface area (Å²) in [7, 11) is 0. The van der Waals surface area contributed by atoms with Crippen molar-refractivity contribution in [1.82, 2.24) is 5.43 Å². The Bertz CT molecular complexity index is 381. The molecular formula is C11H17N3OS. The van der Waals surface area contributed by atoms with E-state index in [1.807, 2.05) is 32.0 Å². The number of carbonyl (C=O) groups is 1. The number of rotatable bonds is 4. The Balaban J connectivity index is 2.85. The normalized spacial score (nSPS) is 12.2. The van der Waals surface area contributed by atoms with Gasteiger partial charge in [-0.1, -0.05) is 13.0 Å². The highest BCUT2D eigenvalue weighted by Gasteiger charge is 2.17. The molecule has 0 radical (unpaired) electrons. The maximum Gasteiger partial charge on any atom is 0.247 e. The molecule has 0 heterocycles. The monoisotopic (exact) mass is 239 g/mol. The summed E-state index contributed by atoms with van der Waals surface area (Å²) in [5.74, 6) is 4.97. The van der Waals surface area contributed by atoms with Gasteiger partial charge in [-0.05, 0) is 31.0 Å². The summed E-state index contributed by atoms with van der Waals surface area (Å²) in [6.07, 6.45) is 0.724. The number of aryl methyl sites for hydroxylation is 1. The molecule has 5 heteroatoms. The number of benzene rings is 1. The Morgan fingerprint density at radius 3 is 2.81 bits per heavy atom. The van der Waals surface area contributed by atoms with Crippen LogP contribution in [0.15, 0.2) is 23.1 Å². The first kappa shape index (κ1) is 12.9. The largest absolute Gasteiger partial charge is 0.399 e. The van der Waals surface area contributed by atoms with Crippen molar-refractivity contribution in [2.45, 2.75) is 30.4 Å². The van der Waals surface area contributed by atoms with Gasteiger partial charge in [0.1, 0.15) is 0 Å². The van der Waals surface area contributed by atoms with E-state index in [2.05, 4.69) is 5.43 Å². The third-order valence-electron chi connectivity index (χ3n) is 2.29. The van der Waals surface area contributed by atoms with E-state index in [1.54, 1.807) is 0 Å². The van der Waals surface area contributed by atoms with Crippen LogP contribution in [0.3, 0.4) is 0 Å². The number of nitrogen functional groups attached to an aromatic ring is 1. The maximum atomic E-state index is 11.5. The number of nitrogens with two attached hydrogens (primary N) is 2. The van der Waals surface area contributed by atoms with Crippen LogP contribution in [0, 0.1) is 6.92 Å². The molecule has 1 aromatic carbocycles. The van der Waals surface area contributed by atoms with Crippen LogP contribution in [0.25, 0.3) is 0 Å². The third kappa shape index (κ3) is 3.15. The van der Waals surface area contributed by atoms with Gasteiger partial charge in [0.15, 0.2) is 0 Å². The lowest BCUT2D eigenvalue weighted by Gasteiger charge is -2.14. The molecule has 0 bridgehead atoms. The highest BCUT2D eigenvalue weighted by Crippen LogP contribution is 2.29. The molecular weight excluding hydrogens is 222 g/mol. The van der Waals surface area contributed by atoms with E-state index in [1.165, 1.54) is 11.8 Å². The van der Waals surface area contributed by atoms with E-state index in [-0.39, 0.29) is 11.2 Å². The summed E-state index contributed by atoms with van der Waals surface area (Å²) >= 11 is 1.49. The van der Waals surface area contributed by atoms with Crippen molar-refractivity contribution in [2.24, 2.45) is 5.84 Å². The summed E-state index contributed by atoms with van der Waals surface area (Å²) in [5, 5.41) is -0.175. The van der Waals surface area contributed by atoms with E-state index in [0.717, 1.165) is 16.9 Å². The Labute approximate surface area is 99.7 Å². The van der Waals surface area contributed by atoms with Gasteiger partial charge in [-0.2, -0.15) is 0 Å². The van der Waals surface area contributed by atoms with Gasteiger partial charge in [0.05, 0.1) is 5.25 Å². The molecule has 0 saturated carbocycles. The molecule has 1 amide bonds. The summed E-state index contributed by atoms with van der Waals surface area (Å²) < 4.78 is 0. The average Bonchev–Trinajstić information content (AvgIpc) is 2.29. The average molecular weight is 239 g/mol. The standard InChI is InChI=1S/C11H17N3OS/c1-3-9(11(15)14-13)16-10-6-8(12)5-4-7(10)2/h4-6,9H,3,12-13H2,1-2H3,(H,14,15). The number of hydrazine groups is 1. The van der Waals surface area contributed by atoms with Crippen molar-refractivity contribution in [1.29, 1.82) is 0 Å². The number of amides is 1. The van der Waals surface area contributed by atoms with Crippen molar-refractivity contribution >= 4 is 23.4 Å². The van der Waals surface area contributed by atoms with Crippen molar-refractivity contribution < 1.29 is 4.79 Å². The van der Waals surface area contributed by atoms with Gasteiger partial charge in [0.2, 0.25) is 5.91 Å². The van der Waals surface area contributed by atoms with Crippen LogP contribution in [0.2, 0.25) is 0 Å². The fourth-order valence-corrected chi connectivity index (χ4v) is 2.42. The molecule has 0 spiro atoms. The molecule has 1 unspecified atom stereocenters. The molecule has 5 N–H and O–H groups in total. The number of hydrogen-bond acceptors (Lipinski definition) is 4. The predicted molar refractivity (Wildman–Crippen MR) is 67.9 cm³/mol. The third-order valence-corrected chi connectivity index (χ3v) is 3.81. The first-order chi connectivity index (χ1) is 7.58. The van der Waals surface area contributed by atoms with Crippen molar-refractivity contribution in [3.8, 4) is 0 Å². The minimum atomic E-state index is -0.175. The molecule has 0 fully saturated rings. The number of nitrogens with one attached hydrogen (secondary N) is 1. The van der Waals surface area contributed by atoms with Crippen LogP contribution in [0.1, 0.15) is 18.9 Å². The molecule has 0 aliphatic heterocycles. The zero-order chi connectivity index (χ0) is 12.1. The molecule has 1 aromatic rings. The van der Waals surface area contributed by atoms with E-state index in [0.29, 0.717) is 5.69 Å². The van der Waals surface area contributed by atoms with Crippen LogP contribution in [0.5, 0.6) is 0 Å². The second-order valence-electron chi connectivity index (χ2n) is 3.55. The van der Waals surface area contributed by atoms with E-state index >= 15 is 0 Å². The van der Waals surface area contributed by atoms with Crippen LogP contribution in [-0.2, 0) is 4.79 Å². The van der Waals surface area contributed by atoms with Crippen molar-refractivity contribution in [3.63, 3.8) is 0 Å². The molecule has 0 saturated heterocycles. The Morgan fingerprint density at radius 1 is 1.56 bits per heavy atom. The SMILES string of the molecule is CCC(Sc1cc(N)ccc1C)C(=O)NN. The minimum Gasteiger partial charge on any atom is -0.399 e. The van der Waals surface area contributed by atoms with Gasteiger partial charge in [-0.3, -0.25) is 10.2 Å². The summed E-state index contributed by atoms with van der Waals surface area (Å²) in [6, 6.07) is 5.68. The lowest BCUT2D eigenvalue weighted by Crippen LogP contribution is -2.37.